The Morgan fingerprint density at radius 2 is 1.79 bits per heavy atom. The van der Waals surface area contributed by atoms with Crippen LogP contribution in [0.25, 0.3) is 0 Å². The lowest BCUT2D eigenvalue weighted by Crippen LogP contribution is -2.52. The van der Waals surface area contributed by atoms with Gasteiger partial charge in [0.1, 0.15) is 11.9 Å². The molecule has 0 radical (unpaired) electrons. The van der Waals surface area contributed by atoms with E-state index in [-0.39, 0.29) is 11.8 Å². The molecule has 2 amide bonds. The van der Waals surface area contributed by atoms with Gasteiger partial charge in [-0.3, -0.25) is 14.9 Å². The molecule has 1 atom stereocenters. The molecule has 2 fully saturated rings. The minimum atomic E-state index is -0.395. The Kier molecular flexibility index (Phi) is 5.05. The highest BCUT2D eigenvalue weighted by atomic mass is 16.2. The summed E-state index contributed by atoms with van der Waals surface area (Å²) >= 11 is 0. The van der Waals surface area contributed by atoms with Crippen LogP contribution >= 0.6 is 0 Å². The molecule has 2 saturated heterocycles. The number of hydrogen-bond donors (Lipinski definition) is 1. The summed E-state index contributed by atoms with van der Waals surface area (Å²) in [5.74, 6) is 0.361. The minimum Gasteiger partial charge on any atom is -0.370 e. The van der Waals surface area contributed by atoms with Crippen molar-refractivity contribution >= 4 is 28.9 Å². The molecule has 0 aliphatic carbocycles. The van der Waals surface area contributed by atoms with E-state index in [1.807, 2.05) is 11.9 Å². The fourth-order valence-corrected chi connectivity index (χ4v) is 5.20. The lowest BCUT2D eigenvalue weighted by molar-refractivity contribution is -0.134. The van der Waals surface area contributed by atoms with Crippen molar-refractivity contribution < 1.29 is 9.59 Å². The van der Waals surface area contributed by atoms with Gasteiger partial charge in [-0.15, -0.1) is 0 Å². The predicted octanol–water partition coefficient (Wildman–Crippen LogP) is 3.63. The van der Waals surface area contributed by atoms with Crippen LogP contribution in [0.15, 0.2) is 30.6 Å². The van der Waals surface area contributed by atoms with E-state index >= 15 is 0 Å². The van der Waals surface area contributed by atoms with E-state index in [1.54, 1.807) is 0 Å². The van der Waals surface area contributed by atoms with Gasteiger partial charge in [0.25, 0.3) is 0 Å². The maximum atomic E-state index is 12.5. The number of benzene rings is 1. The maximum Gasteiger partial charge on any atom is 0.249 e. The zero-order valence-electron chi connectivity index (χ0n) is 17.8. The quantitative estimate of drug-likeness (QED) is 0.788. The van der Waals surface area contributed by atoms with Crippen LogP contribution in [0.3, 0.4) is 0 Å². The Balaban J connectivity index is 1.64. The van der Waals surface area contributed by atoms with Gasteiger partial charge >= 0.3 is 0 Å². The highest BCUT2D eigenvalue weighted by Crippen LogP contribution is 2.49. The van der Waals surface area contributed by atoms with Gasteiger partial charge in [-0.1, -0.05) is 39.3 Å². The largest absolute Gasteiger partial charge is 0.370 e. The van der Waals surface area contributed by atoms with Crippen LogP contribution in [-0.4, -0.2) is 38.0 Å². The number of fused-ring (bicyclic) bond motifs is 1. The monoisotopic (exact) mass is 396 g/mol. The summed E-state index contributed by atoms with van der Waals surface area (Å²) in [4.78, 5) is 30.7. The number of carbonyl (C=O) groups excluding carboxylic acids is 2. The molecule has 6 nitrogen and oxygen atoms in total. The number of anilines is 3. The summed E-state index contributed by atoms with van der Waals surface area (Å²) in [7, 11) is 2.02. The number of piperidine rings is 2. The van der Waals surface area contributed by atoms with Crippen LogP contribution in [0.1, 0.15) is 52.4 Å². The lowest BCUT2D eigenvalue weighted by Gasteiger charge is -2.42. The molecule has 3 heterocycles. The van der Waals surface area contributed by atoms with Crippen molar-refractivity contribution in [2.45, 2.75) is 58.4 Å². The molecule has 1 aromatic rings. The second-order valence-electron chi connectivity index (χ2n) is 8.65. The molecule has 3 aliphatic rings. The summed E-state index contributed by atoms with van der Waals surface area (Å²) in [6.45, 7) is 11.0. The van der Waals surface area contributed by atoms with E-state index in [1.165, 1.54) is 31.4 Å². The Morgan fingerprint density at radius 1 is 1.14 bits per heavy atom. The standard InChI is InChI=1S/C23H32N4O2/c1-5-23(6-2)12-14-26(15-13-23)17-8-7-9-18-21(17)25(4)16(3)27(18)19-10-11-20(28)24-22(19)29/h7-9,19H,3,5-6,10-15H2,1-2,4H3,(H,24,28,29). The van der Waals surface area contributed by atoms with Gasteiger partial charge in [0.15, 0.2) is 0 Å². The second-order valence-corrected chi connectivity index (χ2v) is 8.65. The molecule has 4 rings (SSSR count). The number of nitrogens with zero attached hydrogens (tertiary/aromatic N) is 3. The summed E-state index contributed by atoms with van der Waals surface area (Å²) in [6.07, 6.45) is 5.78. The van der Waals surface area contributed by atoms with Crippen LogP contribution in [0.5, 0.6) is 0 Å². The number of rotatable bonds is 4. The summed E-state index contributed by atoms with van der Waals surface area (Å²) in [5, 5.41) is 2.48. The van der Waals surface area contributed by atoms with E-state index in [9.17, 15) is 9.59 Å². The molecular formula is C23H32N4O2. The third kappa shape index (κ3) is 3.18. The maximum absolute atomic E-state index is 12.5. The molecule has 1 aromatic carbocycles. The molecule has 0 bridgehead atoms. The highest BCUT2D eigenvalue weighted by Gasteiger charge is 2.41. The van der Waals surface area contributed by atoms with Gasteiger partial charge in [-0.05, 0) is 36.8 Å². The molecular weight excluding hydrogens is 364 g/mol. The van der Waals surface area contributed by atoms with Gasteiger partial charge in [-0.2, -0.15) is 0 Å². The molecule has 0 spiro atoms. The van der Waals surface area contributed by atoms with Gasteiger partial charge < -0.3 is 14.7 Å². The first kappa shape index (κ1) is 19.8. The van der Waals surface area contributed by atoms with E-state index in [4.69, 9.17) is 0 Å². The normalized spacial score (nSPS) is 24.0. The van der Waals surface area contributed by atoms with Crippen LogP contribution < -0.4 is 20.0 Å². The number of nitrogens with one attached hydrogen (secondary N) is 1. The molecule has 29 heavy (non-hydrogen) atoms. The van der Waals surface area contributed by atoms with Gasteiger partial charge in [-0.25, -0.2) is 0 Å². The minimum absolute atomic E-state index is 0.193. The summed E-state index contributed by atoms with van der Waals surface area (Å²) in [6, 6.07) is 5.92. The lowest BCUT2D eigenvalue weighted by atomic mass is 9.74. The predicted molar refractivity (Wildman–Crippen MR) is 117 cm³/mol. The first-order valence-electron chi connectivity index (χ1n) is 10.8. The first-order valence-corrected chi connectivity index (χ1v) is 10.8. The third-order valence-electron chi connectivity index (χ3n) is 7.44. The van der Waals surface area contributed by atoms with Gasteiger partial charge in [0, 0.05) is 26.6 Å². The summed E-state index contributed by atoms with van der Waals surface area (Å²) in [5.41, 5.74) is 3.81. The summed E-state index contributed by atoms with van der Waals surface area (Å²) < 4.78 is 0. The zero-order valence-corrected chi connectivity index (χ0v) is 17.8. The molecule has 1 N–H and O–H groups in total. The first-order chi connectivity index (χ1) is 13.9. The zero-order chi connectivity index (χ0) is 20.8. The van der Waals surface area contributed by atoms with Crippen molar-refractivity contribution in [1.29, 1.82) is 0 Å². The molecule has 3 aliphatic heterocycles. The number of para-hydroxylation sites is 1. The van der Waals surface area contributed by atoms with Crippen molar-refractivity contribution in [3.05, 3.63) is 30.6 Å². The smallest absolute Gasteiger partial charge is 0.249 e. The van der Waals surface area contributed by atoms with Crippen molar-refractivity contribution in [2.75, 3.05) is 34.8 Å². The van der Waals surface area contributed by atoms with Crippen LogP contribution in [-0.2, 0) is 9.59 Å². The fraction of sp³-hybridized carbons (Fsp3) is 0.565. The molecule has 156 valence electrons. The SMILES string of the molecule is C=C1N(C)c2c(N3CCC(CC)(CC)CC3)cccc2N1C1CCC(=O)NC1=O. The number of imide groups is 1. The molecule has 1 unspecified atom stereocenters. The average molecular weight is 397 g/mol. The number of amides is 2. The Hall–Kier alpha value is -2.50. The Labute approximate surface area is 173 Å². The third-order valence-corrected chi connectivity index (χ3v) is 7.44. The Bertz CT molecular complexity index is 835. The highest BCUT2D eigenvalue weighted by molar-refractivity contribution is 6.04. The molecule has 0 aromatic heterocycles. The van der Waals surface area contributed by atoms with Crippen LogP contribution in [0, 0.1) is 5.41 Å². The average Bonchev–Trinajstić information content (AvgIpc) is 2.99. The van der Waals surface area contributed by atoms with E-state index in [0.717, 1.165) is 30.3 Å². The molecule has 6 heteroatoms. The van der Waals surface area contributed by atoms with Crippen LogP contribution in [0.4, 0.5) is 17.1 Å². The fourth-order valence-electron chi connectivity index (χ4n) is 5.20. The van der Waals surface area contributed by atoms with Crippen molar-refractivity contribution in [3.63, 3.8) is 0 Å². The van der Waals surface area contributed by atoms with Crippen molar-refractivity contribution in [2.24, 2.45) is 5.41 Å². The van der Waals surface area contributed by atoms with Gasteiger partial charge in [0.05, 0.1) is 17.1 Å². The van der Waals surface area contributed by atoms with Crippen LogP contribution in [0.2, 0.25) is 0 Å². The second kappa shape index (κ2) is 7.39. The van der Waals surface area contributed by atoms with E-state index < -0.39 is 6.04 Å². The Morgan fingerprint density at radius 3 is 2.41 bits per heavy atom. The topological polar surface area (TPSA) is 55.9 Å². The number of hydrogen-bond acceptors (Lipinski definition) is 5. The van der Waals surface area contributed by atoms with Gasteiger partial charge in [0.2, 0.25) is 11.8 Å². The van der Waals surface area contributed by atoms with Crippen molar-refractivity contribution in [3.8, 4) is 0 Å². The van der Waals surface area contributed by atoms with E-state index in [0.29, 0.717) is 18.3 Å². The molecule has 0 saturated carbocycles. The number of carbonyl (C=O) groups is 2. The van der Waals surface area contributed by atoms with Crippen molar-refractivity contribution in [1.82, 2.24) is 5.32 Å². The van der Waals surface area contributed by atoms with E-state index in [2.05, 4.69) is 53.7 Å².